The number of nitrogens with one attached hydrogen (secondary N) is 1. The number of rotatable bonds is 9. The summed E-state index contributed by atoms with van der Waals surface area (Å²) in [5, 5.41) is 9.46. The zero-order chi connectivity index (χ0) is 15.0. The molecule has 114 valence electrons. The van der Waals surface area contributed by atoms with E-state index in [2.05, 4.69) is 4.72 Å². The summed E-state index contributed by atoms with van der Waals surface area (Å²) in [5.41, 5.74) is 0.559. The van der Waals surface area contributed by atoms with E-state index in [0.717, 1.165) is 0 Å². The average Bonchev–Trinajstić information content (AvgIpc) is 2.43. The summed E-state index contributed by atoms with van der Waals surface area (Å²) in [7, 11) is -2.01. The monoisotopic (exact) mass is 303 g/mol. The quantitative estimate of drug-likeness (QED) is 0.655. The van der Waals surface area contributed by atoms with Crippen molar-refractivity contribution < 1.29 is 23.0 Å². The van der Waals surface area contributed by atoms with E-state index in [1.54, 1.807) is 26.2 Å². The van der Waals surface area contributed by atoms with Crippen LogP contribution in [0.15, 0.2) is 29.2 Å². The van der Waals surface area contributed by atoms with E-state index in [1.165, 1.54) is 12.1 Å². The second-order valence-electron chi connectivity index (χ2n) is 4.25. The van der Waals surface area contributed by atoms with Crippen LogP contribution < -0.4 is 4.72 Å². The summed E-state index contributed by atoms with van der Waals surface area (Å²) < 4.78 is 36.5. The molecule has 7 heteroatoms. The maximum atomic E-state index is 12.0. The molecular weight excluding hydrogens is 282 g/mol. The van der Waals surface area contributed by atoms with Crippen LogP contribution in [0, 0.1) is 0 Å². The lowest BCUT2D eigenvalue weighted by molar-refractivity contribution is 0.0736. The molecule has 0 amide bonds. The second kappa shape index (κ2) is 8.33. The Labute approximate surface area is 119 Å². The van der Waals surface area contributed by atoms with E-state index >= 15 is 0 Å². The maximum absolute atomic E-state index is 12.0. The third-order valence-electron chi connectivity index (χ3n) is 2.62. The Morgan fingerprint density at radius 2 is 2.05 bits per heavy atom. The summed E-state index contributed by atoms with van der Waals surface area (Å²) in [6, 6.07) is 6.22. The SMILES string of the molecule is COCCOCCNS(=O)(=O)c1cccc(C(C)O)c1. The Morgan fingerprint density at radius 3 is 2.70 bits per heavy atom. The molecule has 1 aromatic rings. The summed E-state index contributed by atoms with van der Waals surface area (Å²) in [5.74, 6) is 0. The normalized spacial score (nSPS) is 13.3. The van der Waals surface area contributed by atoms with Gasteiger partial charge in [-0.1, -0.05) is 12.1 Å². The highest BCUT2D eigenvalue weighted by Gasteiger charge is 2.14. The van der Waals surface area contributed by atoms with E-state index in [4.69, 9.17) is 9.47 Å². The Hall–Kier alpha value is -0.990. The molecule has 0 aromatic heterocycles. The number of aliphatic hydroxyl groups excluding tert-OH is 1. The highest BCUT2D eigenvalue weighted by atomic mass is 32.2. The minimum atomic E-state index is -3.58. The van der Waals surface area contributed by atoms with Crippen molar-refractivity contribution in [1.29, 1.82) is 0 Å². The molecule has 0 bridgehead atoms. The van der Waals surface area contributed by atoms with Crippen molar-refractivity contribution in [3.05, 3.63) is 29.8 Å². The summed E-state index contributed by atoms with van der Waals surface area (Å²) >= 11 is 0. The van der Waals surface area contributed by atoms with Crippen LogP contribution in [0.25, 0.3) is 0 Å². The van der Waals surface area contributed by atoms with E-state index in [9.17, 15) is 13.5 Å². The van der Waals surface area contributed by atoms with Crippen LogP contribution in [0.3, 0.4) is 0 Å². The molecule has 2 N–H and O–H groups in total. The minimum Gasteiger partial charge on any atom is -0.389 e. The first-order valence-electron chi connectivity index (χ1n) is 6.32. The fraction of sp³-hybridized carbons (Fsp3) is 0.538. The lowest BCUT2D eigenvalue weighted by Crippen LogP contribution is -2.28. The molecule has 0 radical (unpaired) electrons. The molecule has 0 aliphatic rings. The van der Waals surface area contributed by atoms with Crippen molar-refractivity contribution in [2.75, 3.05) is 33.5 Å². The average molecular weight is 303 g/mol. The molecule has 1 aromatic carbocycles. The van der Waals surface area contributed by atoms with Crippen molar-refractivity contribution in [3.63, 3.8) is 0 Å². The molecule has 1 rings (SSSR count). The van der Waals surface area contributed by atoms with Crippen LogP contribution in [0.1, 0.15) is 18.6 Å². The topological polar surface area (TPSA) is 84.9 Å². The van der Waals surface area contributed by atoms with Gasteiger partial charge in [-0.3, -0.25) is 0 Å². The van der Waals surface area contributed by atoms with Crippen LogP contribution in [0.5, 0.6) is 0 Å². The van der Waals surface area contributed by atoms with Crippen molar-refractivity contribution in [3.8, 4) is 0 Å². The van der Waals surface area contributed by atoms with Crippen molar-refractivity contribution in [2.45, 2.75) is 17.9 Å². The predicted octanol–water partition coefficient (Wildman–Crippen LogP) is 0.681. The second-order valence-corrected chi connectivity index (χ2v) is 6.02. The molecule has 0 aliphatic carbocycles. The largest absolute Gasteiger partial charge is 0.389 e. The van der Waals surface area contributed by atoms with Gasteiger partial charge in [-0.05, 0) is 24.6 Å². The van der Waals surface area contributed by atoms with Crippen LogP contribution in [-0.2, 0) is 19.5 Å². The Bertz CT molecular complexity index is 501. The Morgan fingerprint density at radius 1 is 1.30 bits per heavy atom. The smallest absolute Gasteiger partial charge is 0.240 e. The van der Waals surface area contributed by atoms with E-state index in [1.807, 2.05) is 0 Å². The lowest BCUT2D eigenvalue weighted by atomic mass is 10.1. The Kier molecular flexibility index (Phi) is 7.11. The van der Waals surface area contributed by atoms with Gasteiger partial charge in [-0.15, -0.1) is 0 Å². The van der Waals surface area contributed by atoms with E-state index in [-0.39, 0.29) is 18.0 Å². The van der Waals surface area contributed by atoms with Gasteiger partial charge in [0.15, 0.2) is 0 Å². The van der Waals surface area contributed by atoms with E-state index < -0.39 is 16.1 Å². The molecule has 1 atom stereocenters. The highest BCUT2D eigenvalue weighted by Crippen LogP contribution is 2.16. The Balaban J connectivity index is 2.54. The number of methoxy groups -OCH3 is 1. The molecular formula is C13H21NO5S. The molecule has 1 unspecified atom stereocenters. The highest BCUT2D eigenvalue weighted by molar-refractivity contribution is 7.89. The molecule has 6 nitrogen and oxygen atoms in total. The molecule has 0 saturated heterocycles. The van der Waals surface area contributed by atoms with Gasteiger partial charge in [0.25, 0.3) is 0 Å². The maximum Gasteiger partial charge on any atom is 0.240 e. The van der Waals surface area contributed by atoms with Gasteiger partial charge in [-0.25, -0.2) is 13.1 Å². The van der Waals surface area contributed by atoms with Gasteiger partial charge in [0.2, 0.25) is 10.0 Å². The molecule has 0 aliphatic heterocycles. The number of ether oxygens (including phenoxy) is 2. The van der Waals surface area contributed by atoms with Crippen LogP contribution >= 0.6 is 0 Å². The van der Waals surface area contributed by atoms with Crippen molar-refractivity contribution >= 4 is 10.0 Å². The van der Waals surface area contributed by atoms with Gasteiger partial charge in [-0.2, -0.15) is 0 Å². The minimum absolute atomic E-state index is 0.132. The fourth-order valence-electron chi connectivity index (χ4n) is 1.52. The van der Waals surface area contributed by atoms with Crippen molar-refractivity contribution in [2.24, 2.45) is 0 Å². The van der Waals surface area contributed by atoms with Crippen LogP contribution in [0.2, 0.25) is 0 Å². The van der Waals surface area contributed by atoms with Gasteiger partial charge >= 0.3 is 0 Å². The first kappa shape index (κ1) is 17.1. The number of hydrogen-bond acceptors (Lipinski definition) is 5. The van der Waals surface area contributed by atoms with Gasteiger partial charge in [0, 0.05) is 13.7 Å². The molecule has 0 saturated carbocycles. The van der Waals surface area contributed by atoms with Gasteiger partial charge < -0.3 is 14.6 Å². The fourth-order valence-corrected chi connectivity index (χ4v) is 2.59. The molecule has 0 fully saturated rings. The lowest BCUT2D eigenvalue weighted by Gasteiger charge is -2.10. The first-order valence-corrected chi connectivity index (χ1v) is 7.80. The molecule has 0 spiro atoms. The number of hydrogen-bond donors (Lipinski definition) is 2. The van der Waals surface area contributed by atoms with Crippen molar-refractivity contribution in [1.82, 2.24) is 4.72 Å². The first-order chi connectivity index (χ1) is 9.47. The number of sulfonamides is 1. The standard InChI is InChI=1S/C13H21NO5S/c1-11(15)12-4-3-5-13(10-12)20(16,17)14-6-7-19-9-8-18-2/h3-5,10-11,14-15H,6-9H2,1-2H3. The summed E-state index contributed by atoms with van der Waals surface area (Å²) in [4.78, 5) is 0.132. The number of aliphatic hydroxyl groups is 1. The zero-order valence-corrected chi connectivity index (χ0v) is 12.5. The van der Waals surface area contributed by atoms with Crippen LogP contribution in [0.4, 0.5) is 0 Å². The molecule has 0 heterocycles. The molecule has 20 heavy (non-hydrogen) atoms. The van der Waals surface area contributed by atoms with E-state index in [0.29, 0.717) is 18.8 Å². The summed E-state index contributed by atoms with van der Waals surface area (Å²) in [6.07, 6.45) is -0.706. The van der Waals surface area contributed by atoms with Gasteiger partial charge in [0.1, 0.15) is 0 Å². The zero-order valence-electron chi connectivity index (χ0n) is 11.7. The van der Waals surface area contributed by atoms with Gasteiger partial charge in [0.05, 0.1) is 30.8 Å². The number of benzene rings is 1. The third kappa shape index (κ3) is 5.56. The summed E-state index contributed by atoms with van der Waals surface area (Å²) in [6.45, 7) is 2.95. The van der Waals surface area contributed by atoms with Crippen LogP contribution in [-0.4, -0.2) is 47.0 Å². The third-order valence-corrected chi connectivity index (χ3v) is 4.08. The predicted molar refractivity (Wildman–Crippen MR) is 75.0 cm³/mol.